The lowest BCUT2D eigenvalue weighted by molar-refractivity contribution is -0.121. The largest absolute Gasteiger partial charge is 0.497 e. The van der Waals surface area contributed by atoms with Crippen LogP contribution in [0.1, 0.15) is 26.3 Å². The van der Waals surface area contributed by atoms with E-state index in [0.29, 0.717) is 28.4 Å². The highest BCUT2D eigenvalue weighted by atomic mass is 32.2. The summed E-state index contributed by atoms with van der Waals surface area (Å²) in [7, 11) is -2.24. The number of hydrogen-bond acceptors (Lipinski definition) is 6. The zero-order valence-electron chi connectivity index (χ0n) is 18.0. The number of ether oxygens (including phenoxy) is 1. The van der Waals surface area contributed by atoms with Crippen LogP contribution in [0.3, 0.4) is 0 Å². The summed E-state index contributed by atoms with van der Waals surface area (Å²) >= 11 is 0. The summed E-state index contributed by atoms with van der Waals surface area (Å²) in [6.45, 7) is 4.57. The summed E-state index contributed by atoms with van der Waals surface area (Å²) in [5.41, 5.74) is 4.52. The van der Waals surface area contributed by atoms with Gasteiger partial charge in [0.15, 0.2) is 0 Å². The van der Waals surface area contributed by atoms with Crippen molar-refractivity contribution in [3.8, 4) is 5.75 Å². The second kappa shape index (κ2) is 10.1. The molecule has 10 heteroatoms. The fraction of sp³-hybridized carbons (Fsp3) is 0.286. The third kappa shape index (κ3) is 6.54. The molecule has 0 spiro atoms. The number of hydrazone groups is 1. The Hall–Kier alpha value is -3.40. The number of rotatable bonds is 8. The van der Waals surface area contributed by atoms with Crippen molar-refractivity contribution in [1.29, 1.82) is 0 Å². The molecule has 31 heavy (non-hydrogen) atoms. The van der Waals surface area contributed by atoms with Crippen LogP contribution in [0.5, 0.6) is 5.75 Å². The zero-order valence-corrected chi connectivity index (χ0v) is 18.9. The van der Waals surface area contributed by atoms with Gasteiger partial charge in [0, 0.05) is 12.6 Å². The normalized spacial score (nSPS) is 12.6. The Morgan fingerprint density at radius 3 is 2.29 bits per heavy atom. The molecule has 0 bridgehead atoms. The molecule has 2 aromatic rings. The van der Waals surface area contributed by atoms with Crippen LogP contribution in [0.2, 0.25) is 0 Å². The summed E-state index contributed by atoms with van der Waals surface area (Å²) < 4.78 is 30.8. The molecule has 1 atom stereocenters. The molecule has 0 aliphatic heterocycles. The van der Waals surface area contributed by atoms with Crippen LogP contribution in [0, 0.1) is 0 Å². The van der Waals surface area contributed by atoms with Gasteiger partial charge < -0.3 is 10.1 Å². The van der Waals surface area contributed by atoms with Crippen molar-refractivity contribution in [2.24, 2.45) is 5.10 Å². The summed E-state index contributed by atoms with van der Waals surface area (Å²) in [4.78, 5) is 23.9. The molecule has 9 nitrogen and oxygen atoms in total. The molecule has 2 rings (SSSR count). The Balaban J connectivity index is 2.20. The van der Waals surface area contributed by atoms with Crippen LogP contribution in [0.4, 0.5) is 11.4 Å². The Morgan fingerprint density at radius 2 is 1.74 bits per heavy atom. The molecule has 2 N–H and O–H groups in total. The number of sulfonamides is 1. The molecule has 0 unspecified atom stereocenters. The molecule has 0 heterocycles. The fourth-order valence-corrected chi connectivity index (χ4v) is 4.03. The fourth-order valence-electron chi connectivity index (χ4n) is 2.86. The van der Waals surface area contributed by atoms with E-state index in [4.69, 9.17) is 4.74 Å². The molecule has 166 valence electrons. The van der Waals surface area contributed by atoms with E-state index in [9.17, 15) is 18.0 Å². The van der Waals surface area contributed by atoms with Crippen molar-refractivity contribution >= 4 is 38.9 Å². The van der Waals surface area contributed by atoms with Gasteiger partial charge in [0.2, 0.25) is 15.9 Å². The van der Waals surface area contributed by atoms with Crippen LogP contribution < -0.4 is 19.8 Å². The summed E-state index contributed by atoms with van der Waals surface area (Å²) in [6.07, 6.45) is 1.03. The predicted octanol–water partition coefficient (Wildman–Crippen LogP) is 2.35. The highest BCUT2D eigenvalue weighted by molar-refractivity contribution is 7.92. The first kappa shape index (κ1) is 23.9. The lowest BCUT2D eigenvalue weighted by atomic mass is 10.1. The third-order valence-corrected chi connectivity index (χ3v) is 5.59. The second-order valence-corrected chi connectivity index (χ2v) is 8.73. The number of amides is 2. The maximum absolute atomic E-state index is 12.7. The van der Waals surface area contributed by atoms with E-state index in [1.54, 1.807) is 55.5 Å². The molecule has 0 fully saturated rings. The predicted molar refractivity (Wildman–Crippen MR) is 121 cm³/mol. The van der Waals surface area contributed by atoms with Crippen LogP contribution >= 0.6 is 0 Å². The average molecular weight is 447 g/mol. The topological polar surface area (TPSA) is 117 Å². The summed E-state index contributed by atoms with van der Waals surface area (Å²) in [5, 5.41) is 6.76. The van der Waals surface area contributed by atoms with E-state index in [0.717, 1.165) is 10.6 Å². The Labute approximate surface area is 182 Å². The highest BCUT2D eigenvalue weighted by Gasteiger charge is 2.29. The third-order valence-electron chi connectivity index (χ3n) is 4.35. The molecule has 2 amide bonds. The monoisotopic (exact) mass is 446 g/mol. The van der Waals surface area contributed by atoms with Gasteiger partial charge in [-0.25, -0.2) is 13.8 Å². The SMILES string of the molecule is COc1ccc(N([C@@H](C)C(=O)N/N=C(/C)c2cccc(NC(C)=O)c2)S(C)(=O)=O)cc1. The molecule has 0 aliphatic rings. The maximum Gasteiger partial charge on any atom is 0.263 e. The van der Waals surface area contributed by atoms with Crippen molar-refractivity contribution in [2.45, 2.75) is 26.8 Å². The molecular formula is C21H26N4O5S. The smallest absolute Gasteiger partial charge is 0.263 e. The molecule has 0 aliphatic carbocycles. The minimum atomic E-state index is -3.75. The van der Waals surface area contributed by atoms with Crippen LogP contribution in [-0.2, 0) is 19.6 Å². The van der Waals surface area contributed by atoms with Gasteiger partial charge in [-0.2, -0.15) is 5.10 Å². The van der Waals surface area contributed by atoms with Crippen molar-refractivity contribution in [2.75, 3.05) is 23.0 Å². The number of benzene rings is 2. The van der Waals surface area contributed by atoms with Gasteiger partial charge in [0.25, 0.3) is 5.91 Å². The van der Waals surface area contributed by atoms with Crippen molar-refractivity contribution in [3.63, 3.8) is 0 Å². The Morgan fingerprint density at radius 1 is 1.10 bits per heavy atom. The Bertz CT molecular complexity index is 1080. The maximum atomic E-state index is 12.7. The van der Waals surface area contributed by atoms with E-state index in [1.807, 2.05) is 0 Å². The van der Waals surface area contributed by atoms with E-state index in [1.165, 1.54) is 21.0 Å². The van der Waals surface area contributed by atoms with Gasteiger partial charge in [-0.3, -0.25) is 13.9 Å². The number of nitrogens with one attached hydrogen (secondary N) is 2. The number of carbonyl (C=O) groups excluding carboxylic acids is 2. The van der Waals surface area contributed by atoms with Gasteiger partial charge in [-0.15, -0.1) is 0 Å². The number of nitrogens with zero attached hydrogens (tertiary/aromatic N) is 2. The average Bonchev–Trinajstić information content (AvgIpc) is 2.71. The van der Waals surface area contributed by atoms with Gasteiger partial charge in [-0.05, 0) is 55.8 Å². The number of methoxy groups -OCH3 is 1. The second-order valence-electron chi connectivity index (χ2n) is 6.87. The summed E-state index contributed by atoms with van der Waals surface area (Å²) in [6, 6.07) is 12.3. The first-order valence-corrected chi connectivity index (χ1v) is 11.2. The van der Waals surface area contributed by atoms with Crippen molar-refractivity contribution in [3.05, 3.63) is 54.1 Å². The highest BCUT2D eigenvalue weighted by Crippen LogP contribution is 2.23. The molecule has 0 saturated heterocycles. The zero-order chi connectivity index (χ0) is 23.2. The lowest BCUT2D eigenvalue weighted by Crippen LogP contribution is -2.46. The van der Waals surface area contributed by atoms with E-state index < -0.39 is 22.0 Å². The number of carbonyl (C=O) groups is 2. The lowest BCUT2D eigenvalue weighted by Gasteiger charge is -2.27. The standard InChI is InChI=1S/C21H26N4O5S/c1-14(17-7-6-8-18(13-17)22-16(3)26)23-24-21(27)15(2)25(31(5,28)29)19-9-11-20(30-4)12-10-19/h6-13,15H,1-5H3,(H,22,26)(H,24,27)/b23-14-/t15-/m0/s1. The molecular weight excluding hydrogens is 420 g/mol. The minimum absolute atomic E-state index is 0.201. The van der Waals surface area contributed by atoms with E-state index in [2.05, 4.69) is 15.8 Å². The van der Waals surface area contributed by atoms with Crippen LogP contribution in [0.15, 0.2) is 53.6 Å². The van der Waals surface area contributed by atoms with Gasteiger partial charge in [-0.1, -0.05) is 12.1 Å². The molecule has 2 aromatic carbocycles. The summed E-state index contributed by atoms with van der Waals surface area (Å²) in [5.74, 6) is -0.233. The first-order valence-electron chi connectivity index (χ1n) is 9.38. The first-order chi connectivity index (χ1) is 14.5. The van der Waals surface area contributed by atoms with Gasteiger partial charge in [0.05, 0.1) is 24.8 Å². The van der Waals surface area contributed by atoms with Gasteiger partial charge >= 0.3 is 0 Å². The van der Waals surface area contributed by atoms with Crippen LogP contribution in [-0.4, -0.2) is 45.4 Å². The quantitative estimate of drug-likeness (QED) is 0.477. The van der Waals surface area contributed by atoms with E-state index in [-0.39, 0.29) is 5.91 Å². The molecule has 0 aromatic heterocycles. The number of anilines is 2. The number of hydrogen-bond donors (Lipinski definition) is 2. The Kier molecular flexibility index (Phi) is 7.76. The van der Waals surface area contributed by atoms with Gasteiger partial charge in [0.1, 0.15) is 11.8 Å². The van der Waals surface area contributed by atoms with Crippen molar-refractivity contribution in [1.82, 2.24) is 5.43 Å². The minimum Gasteiger partial charge on any atom is -0.497 e. The van der Waals surface area contributed by atoms with Crippen molar-refractivity contribution < 1.29 is 22.7 Å². The molecule has 0 radical (unpaired) electrons. The molecule has 0 saturated carbocycles. The van der Waals surface area contributed by atoms with E-state index >= 15 is 0 Å². The van der Waals surface area contributed by atoms with Crippen LogP contribution in [0.25, 0.3) is 0 Å².